The lowest BCUT2D eigenvalue weighted by atomic mass is 10.1. The maximum absolute atomic E-state index is 12.1. The van der Waals surface area contributed by atoms with Gasteiger partial charge in [0.1, 0.15) is 34.2 Å². The van der Waals surface area contributed by atoms with Crippen LogP contribution >= 0.6 is 0 Å². The van der Waals surface area contributed by atoms with Gasteiger partial charge >= 0.3 is 12.2 Å². The predicted octanol–water partition coefficient (Wildman–Crippen LogP) is 5.63. The number of hydrogen-bond donors (Lipinski definition) is 4. The van der Waals surface area contributed by atoms with Crippen molar-refractivity contribution in [2.24, 2.45) is 0 Å². The van der Waals surface area contributed by atoms with Gasteiger partial charge in [0.25, 0.3) is 12.0 Å². The number of oxazole rings is 2. The Labute approximate surface area is 271 Å². The van der Waals surface area contributed by atoms with Gasteiger partial charge in [0.05, 0.1) is 0 Å². The number of carbonyl (C=O) groups excluding carboxylic acids is 1. The number of nitrogens with zero attached hydrogens (tertiary/aromatic N) is 5. The fourth-order valence-electron chi connectivity index (χ4n) is 5.25. The molecule has 2 aliphatic heterocycles. The van der Waals surface area contributed by atoms with Gasteiger partial charge in [-0.1, -0.05) is 0 Å². The number of hydrogen-bond acceptors (Lipinski definition) is 12. The van der Waals surface area contributed by atoms with Gasteiger partial charge in [-0.25, -0.2) is 9.59 Å². The Kier molecular flexibility index (Phi) is 10.1. The van der Waals surface area contributed by atoms with Gasteiger partial charge in [-0.05, 0) is 70.7 Å². The maximum atomic E-state index is 12.1. The molecule has 2 aromatic carbocycles. The quantitative estimate of drug-likeness (QED) is 0.200. The molecule has 0 radical (unpaired) electrons. The number of benzene rings is 2. The fourth-order valence-corrected chi connectivity index (χ4v) is 5.25. The van der Waals surface area contributed by atoms with Crippen LogP contribution in [0.1, 0.15) is 46.5 Å². The molecule has 4 heterocycles. The van der Waals surface area contributed by atoms with E-state index in [0.717, 1.165) is 25.7 Å². The van der Waals surface area contributed by atoms with Crippen LogP contribution in [0.4, 0.5) is 21.6 Å². The van der Waals surface area contributed by atoms with Crippen molar-refractivity contribution in [3.8, 4) is 17.6 Å². The Morgan fingerprint density at radius 3 is 1.98 bits per heavy atom. The summed E-state index contributed by atoms with van der Waals surface area (Å²) in [4.78, 5) is 34.8. The molecule has 2 aliphatic rings. The average Bonchev–Trinajstić information content (AvgIpc) is 3.62. The molecule has 15 nitrogen and oxygen atoms in total. The number of likely N-dealkylation sites (tertiary alicyclic amines) is 2. The van der Waals surface area contributed by atoms with Gasteiger partial charge in [0, 0.05) is 50.4 Å². The van der Waals surface area contributed by atoms with Crippen molar-refractivity contribution in [1.82, 2.24) is 19.8 Å². The summed E-state index contributed by atoms with van der Waals surface area (Å²) in [6.45, 7) is 7.85. The van der Waals surface area contributed by atoms with Crippen molar-refractivity contribution in [3.05, 3.63) is 36.4 Å². The first-order valence-corrected chi connectivity index (χ1v) is 15.4. The molecular weight excluding hydrogens is 610 g/mol. The number of ether oxygens (including phenoxy) is 2. The highest BCUT2D eigenvalue weighted by Gasteiger charge is 2.27. The molecule has 250 valence electrons. The average molecular weight is 650 g/mol. The third-order valence-electron chi connectivity index (χ3n) is 7.60. The molecule has 4 N–H and O–H groups in total. The number of piperidine rings is 2. The highest BCUT2D eigenvalue weighted by atomic mass is 16.6. The summed E-state index contributed by atoms with van der Waals surface area (Å²) >= 11 is 0. The summed E-state index contributed by atoms with van der Waals surface area (Å²) in [6.07, 6.45) is 1.86. The summed E-state index contributed by atoms with van der Waals surface area (Å²) in [5, 5.41) is 33.3. The van der Waals surface area contributed by atoms with Crippen molar-refractivity contribution in [3.63, 3.8) is 0 Å². The number of aromatic hydroxyl groups is 1. The number of phenols is 1. The fraction of sp³-hybridized carbons (Fsp3) is 0.469. The lowest BCUT2D eigenvalue weighted by Gasteiger charge is -2.33. The summed E-state index contributed by atoms with van der Waals surface area (Å²) in [7, 11) is 0. The van der Waals surface area contributed by atoms with E-state index in [1.165, 1.54) is 11.0 Å². The van der Waals surface area contributed by atoms with Crippen molar-refractivity contribution in [1.29, 1.82) is 5.26 Å². The minimum atomic E-state index is -0.874. The number of aromatic nitrogens is 2. The standard InChI is InChI=1S/C19H24N4O4.C13H15N3O4/c1-19(2,3)27-18(24)23-9-6-13(7-10-23)21-17-22-15-12-14(25-11-8-20)4-5-16(15)26-17;17-9-1-2-11-10(7-9)15-12(20-11)14-8-3-5-16(6-4-8)13(18)19/h4-5,12-13H,6-7,9-11H2,1-3H3,(H,21,22);1-2,7-8,17H,3-6H2,(H,14,15)(H,18,19). The van der Waals surface area contributed by atoms with Crippen molar-refractivity contribution in [2.45, 2.75) is 64.1 Å². The smallest absolute Gasteiger partial charge is 0.410 e. The summed E-state index contributed by atoms with van der Waals surface area (Å²) < 4.78 is 22.0. The largest absolute Gasteiger partial charge is 0.508 e. The van der Waals surface area contributed by atoms with Crippen LogP contribution in [0.3, 0.4) is 0 Å². The van der Waals surface area contributed by atoms with Gasteiger partial charge in [-0.15, -0.1) is 0 Å². The third kappa shape index (κ3) is 9.09. The minimum Gasteiger partial charge on any atom is -0.508 e. The number of fused-ring (bicyclic) bond motifs is 2. The molecule has 0 aliphatic carbocycles. The van der Waals surface area contributed by atoms with Crippen LogP contribution in [0, 0.1) is 11.3 Å². The molecule has 2 saturated heterocycles. The second kappa shape index (κ2) is 14.4. The minimum absolute atomic E-state index is 0.00924. The number of carbonyl (C=O) groups is 2. The number of amides is 2. The Balaban J connectivity index is 0.000000193. The van der Waals surface area contributed by atoms with Crippen LogP contribution in [0.2, 0.25) is 0 Å². The van der Waals surface area contributed by atoms with E-state index in [-0.39, 0.29) is 30.5 Å². The molecule has 0 unspecified atom stereocenters. The molecular formula is C32H39N7O8. The van der Waals surface area contributed by atoms with Crippen LogP contribution in [0.25, 0.3) is 22.2 Å². The molecule has 0 spiro atoms. The van der Waals surface area contributed by atoms with E-state index >= 15 is 0 Å². The molecule has 4 aromatic rings. The normalized spacial score (nSPS) is 15.9. The monoisotopic (exact) mass is 649 g/mol. The first-order valence-electron chi connectivity index (χ1n) is 15.4. The van der Waals surface area contributed by atoms with Gasteiger partial charge in [-0.2, -0.15) is 15.2 Å². The molecule has 2 fully saturated rings. The second-order valence-electron chi connectivity index (χ2n) is 12.3. The lowest BCUT2D eigenvalue weighted by Crippen LogP contribution is -2.44. The molecule has 0 saturated carbocycles. The number of phenolic OH excluding ortho intramolecular Hbond substituents is 1. The van der Waals surface area contributed by atoms with E-state index < -0.39 is 11.7 Å². The van der Waals surface area contributed by atoms with Crippen LogP contribution in [0.15, 0.2) is 45.2 Å². The highest BCUT2D eigenvalue weighted by molar-refractivity contribution is 5.77. The molecule has 0 bridgehead atoms. The van der Waals surface area contributed by atoms with Gasteiger partial charge < -0.3 is 49.0 Å². The predicted molar refractivity (Wildman–Crippen MR) is 171 cm³/mol. The van der Waals surface area contributed by atoms with E-state index in [1.807, 2.05) is 26.8 Å². The molecule has 0 atom stereocenters. The topological polar surface area (TPSA) is 199 Å². The maximum Gasteiger partial charge on any atom is 0.410 e. The molecule has 6 rings (SSSR count). The number of nitriles is 1. The third-order valence-corrected chi connectivity index (χ3v) is 7.60. The van der Waals surface area contributed by atoms with Crippen LogP contribution in [0.5, 0.6) is 11.5 Å². The second-order valence-corrected chi connectivity index (χ2v) is 12.3. The number of carboxylic acid groups (broad SMARTS) is 1. The number of anilines is 2. The van der Waals surface area contributed by atoms with E-state index in [0.29, 0.717) is 66.2 Å². The summed E-state index contributed by atoms with van der Waals surface area (Å²) in [6, 6.07) is 13.1. The number of rotatable bonds is 6. The van der Waals surface area contributed by atoms with Crippen LogP contribution < -0.4 is 15.4 Å². The van der Waals surface area contributed by atoms with Crippen LogP contribution in [-0.4, -0.2) is 92.6 Å². The van der Waals surface area contributed by atoms with E-state index in [2.05, 4.69) is 20.6 Å². The Bertz CT molecular complexity index is 1720. The van der Waals surface area contributed by atoms with Crippen LogP contribution in [-0.2, 0) is 4.74 Å². The molecule has 15 heteroatoms. The first kappa shape index (κ1) is 33.0. The van der Waals surface area contributed by atoms with Crippen molar-refractivity contribution >= 4 is 46.4 Å². The zero-order chi connectivity index (χ0) is 33.6. The summed E-state index contributed by atoms with van der Waals surface area (Å²) in [5.74, 6) is 0.724. The Hall–Kier alpha value is -5.39. The summed E-state index contributed by atoms with van der Waals surface area (Å²) in [5.41, 5.74) is 2.02. The lowest BCUT2D eigenvalue weighted by molar-refractivity contribution is 0.0210. The van der Waals surface area contributed by atoms with Crippen molar-refractivity contribution < 1.29 is 38.1 Å². The molecule has 2 aromatic heterocycles. The van der Waals surface area contributed by atoms with E-state index in [4.69, 9.17) is 28.7 Å². The van der Waals surface area contributed by atoms with Gasteiger partial charge in [0.15, 0.2) is 17.8 Å². The van der Waals surface area contributed by atoms with Gasteiger partial charge in [-0.3, -0.25) is 0 Å². The van der Waals surface area contributed by atoms with E-state index in [9.17, 15) is 14.7 Å². The molecule has 2 amide bonds. The van der Waals surface area contributed by atoms with Crippen molar-refractivity contribution in [2.75, 3.05) is 43.4 Å². The molecule has 47 heavy (non-hydrogen) atoms. The van der Waals surface area contributed by atoms with Gasteiger partial charge in [0.2, 0.25) is 0 Å². The Morgan fingerprint density at radius 2 is 1.45 bits per heavy atom. The SMILES string of the molecule is CC(C)(C)OC(=O)N1CCC(Nc2nc3cc(OCC#N)ccc3o2)CC1.O=C(O)N1CCC(Nc2nc3cc(O)ccc3o2)CC1. The highest BCUT2D eigenvalue weighted by Crippen LogP contribution is 2.26. The zero-order valence-electron chi connectivity index (χ0n) is 26.6. The Morgan fingerprint density at radius 1 is 0.915 bits per heavy atom. The number of nitrogens with one attached hydrogen (secondary N) is 2. The van der Waals surface area contributed by atoms with E-state index in [1.54, 1.807) is 35.2 Å². The first-order chi connectivity index (χ1) is 22.5. The zero-order valence-corrected chi connectivity index (χ0v) is 26.6.